The Kier molecular flexibility index (Phi) is 5.96. The molecule has 0 aliphatic rings. The summed E-state index contributed by atoms with van der Waals surface area (Å²) >= 11 is 5.97. The van der Waals surface area contributed by atoms with E-state index in [1.807, 2.05) is 0 Å². The van der Waals surface area contributed by atoms with Crippen molar-refractivity contribution in [3.63, 3.8) is 0 Å². The summed E-state index contributed by atoms with van der Waals surface area (Å²) in [7, 11) is -1.78. The molecule has 8 nitrogen and oxygen atoms in total. The molecule has 27 heavy (non-hydrogen) atoms. The second-order valence-corrected chi connectivity index (χ2v) is 8.54. The summed E-state index contributed by atoms with van der Waals surface area (Å²) < 4.78 is 30.1. The molecule has 0 radical (unpaired) electrons. The Labute approximate surface area is 162 Å². The summed E-state index contributed by atoms with van der Waals surface area (Å²) in [4.78, 5) is 24.6. The molecule has 1 N–H and O–H groups in total. The molecule has 2 aromatic rings. The number of anilines is 1. The first-order chi connectivity index (χ1) is 12.4. The van der Waals surface area contributed by atoms with Crippen molar-refractivity contribution in [2.75, 3.05) is 11.6 Å². The molecule has 0 aliphatic heterocycles. The maximum absolute atomic E-state index is 12.4. The molecule has 146 valence electrons. The third-order valence-electron chi connectivity index (χ3n) is 4.00. The van der Waals surface area contributed by atoms with E-state index in [-0.39, 0.29) is 15.5 Å². The molecule has 2 rings (SSSR count). The van der Waals surface area contributed by atoms with Gasteiger partial charge in [-0.3, -0.25) is 9.48 Å². The van der Waals surface area contributed by atoms with Crippen LogP contribution in [0.5, 0.6) is 0 Å². The van der Waals surface area contributed by atoms with Crippen LogP contribution in [0.4, 0.5) is 5.69 Å². The van der Waals surface area contributed by atoms with Gasteiger partial charge in [-0.05, 0) is 39.0 Å². The number of nitrogens with zero attached hydrogens (tertiary/aromatic N) is 2. The minimum atomic E-state index is -3.52. The van der Waals surface area contributed by atoms with Gasteiger partial charge in [0.2, 0.25) is 0 Å². The van der Waals surface area contributed by atoms with Crippen molar-refractivity contribution in [1.29, 1.82) is 0 Å². The lowest BCUT2D eigenvalue weighted by atomic mass is 10.2. The van der Waals surface area contributed by atoms with Gasteiger partial charge < -0.3 is 10.1 Å². The number of esters is 1. The number of halogens is 1. The van der Waals surface area contributed by atoms with E-state index in [2.05, 4.69) is 10.4 Å². The Hall–Kier alpha value is -2.39. The van der Waals surface area contributed by atoms with Crippen LogP contribution in [0.15, 0.2) is 23.1 Å². The van der Waals surface area contributed by atoms with Crippen molar-refractivity contribution in [3.8, 4) is 0 Å². The van der Waals surface area contributed by atoms with E-state index in [4.69, 9.17) is 16.3 Å². The van der Waals surface area contributed by atoms with Crippen LogP contribution in [0.3, 0.4) is 0 Å². The number of rotatable bonds is 5. The molecular formula is C17H20ClN3O5S. The molecule has 1 atom stereocenters. The van der Waals surface area contributed by atoms with Crippen LogP contribution >= 0.6 is 11.6 Å². The number of aromatic nitrogens is 2. The minimum absolute atomic E-state index is 0.0268. The zero-order chi connectivity index (χ0) is 20.5. The third kappa shape index (κ3) is 4.67. The van der Waals surface area contributed by atoms with Crippen molar-refractivity contribution in [1.82, 2.24) is 9.78 Å². The highest BCUT2D eigenvalue weighted by Gasteiger charge is 2.23. The van der Waals surface area contributed by atoms with Gasteiger partial charge in [0.25, 0.3) is 5.91 Å². The second kappa shape index (κ2) is 7.69. The van der Waals surface area contributed by atoms with Crippen LogP contribution in [0.25, 0.3) is 0 Å². The van der Waals surface area contributed by atoms with E-state index < -0.39 is 27.8 Å². The summed E-state index contributed by atoms with van der Waals surface area (Å²) in [5.74, 6) is -1.44. The molecular weight excluding hydrogens is 394 g/mol. The number of carbonyl (C=O) groups excluding carboxylic acids is 2. The average Bonchev–Trinajstić information content (AvgIpc) is 2.80. The van der Waals surface area contributed by atoms with Gasteiger partial charge in [-0.15, -0.1) is 0 Å². The van der Waals surface area contributed by atoms with Crippen LogP contribution in [0.1, 0.15) is 28.7 Å². The number of nitrogens with one attached hydrogen (secondary N) is 1. The number of carbonyl (C=O) groups is 2. The highest BCUT2D eigenvalue weighted by Crippen LogP contribution is 2.23. The molecule has 1 aromatic carbocycles. The van der Waals surface area contributed by atoms with Gasteiger partial charge >= 0.3 is 5.97 Å². The van der Waals surface area contributed by atoms with Gasteiger partial charge in [0, 0.05) is 13.3 Å². The Morgan fingerprint density at radius 2 is 1.93 bits per heavy atom. The van der Waals surface area contributed by atoms with E-state index in [9.17, 15) is 18.0 Å². The molecule has 0 fully saturated rings. The molecule has 0 unspecified atom stereocenters. The number of sulfone groups is 1. The number of hydrogen-bond donors (Lipinski definition) is 1. The molecule has 1 aromatic heterocycles. The number of benzene rings is 1. The summed E-state index contributed by atoms with van der Waals surface area (Å²) in [6.07, 6.45) is -0.116. The lowest BCUT2D eigenvalue weighted by Crippen LogP contribution is -2.30. The lowest BCUT2D eigenvalue weighted by molar-refractivity contribution is -0.123. The van der Waals surface area contributed by atoms with Gasteiger partial charge in [-0.2, -0.15) is 5.10 Å². The smallest absolute Gasteiger partial charge is 0.340 e. The normalized spacial score (nSPS) is 12.5. The van der Waals surface area contributed by atoms with Crippen molar-refractivity contribution in [2.45, 2.75) is 31.8 Å². The quantitative estimate of drug-likeness (QED) is 0.753. The topological polar surface area (TPSA) is 107 Å². The van der Waals surface area contributed by atoms with E-state index in [0.29, 0.717) is 11.4 Å². The van der Waals surface area contributed by atoms with E-state index in [1.165, 1.54) is 19.1 Å². The predicted molar refractivity (Wildman–Crippen MR) is 101 cm³/mol. The Balaban J connectivity index is 2.17. The number of ether oxygens (including phenoxy) is 1. The van der Waals surface area contributed by atoms with E-state index in [0.717, 1.165) is 18.0 Å². The minimum Gasteiger partial charge on any atom is -0.449 e. The number of aryl methyl sites for hydroxylation is 2. The van der Waals surface area contributed by atoms with Crippen molar-refractivity contribution in [2.24, 2.45) is 7.05 Å². The fourth-order valence-corrected chi connectivity index (χ4v) is 3.19. The lowest BCUT2D eigenvalue weighted by Gasteiger charge is -2.14. The molecule has 1 heterocycles. The molecule has 0 bridgehead atoms. The van der Waals surface area contributed by atoms with Crippen LogP contribution in [0.2, 0.25) is 5.02 Å². The molecule has 10 heteroatoms. The highest BCUT2D eigenvalue weighted by molar-refractivity contribution is 7.90. The maximum Gasteiger partial charge on any atom is 0.340 e. The van der Waals surface area contributed by atoms with Crippen LogP contribution in [-0.4, -0.2) is 42.4 Å². The van der Waals surface area contributed by atoms with Gasteiger partial charge in [0.1, 0.15) is 0 Å². The molecule has 0 aliphatic carbocycles. The summed E-state index contributed by atoms with van der Waals surface area (Å²) in [5.41, 5.74) is 1.80. The maximum atomic E-state index is 12.4. The van der Waals surface area contributed by atoms with Crippen molar-refractivity contribution in [3.05, 3.63) is 40.2 Å². The van der Waals surface area contributed by atoms with Gasteiger partial charge in [-0.1, -0.05) is 11.6 Å². The van der Waals surface area contributed by atoms with Gasteiger partial charge in [-0.25, -0.2) is 13.2 Å². The predicted octanol–water partition coefficient (Wildman–Crippen LogP) is 2.28. The second-order valence-electron chi connectivity index (χ2n) is 6.12. The molecule has 0 saturated carbocycles. The van der Waals surface area contributed by atoms with Crippen molar-refractivity contribution < 1.29 is 22.7 Å². The highest BCUT2D eigenvalue weighted by atomic mass is 35.5. The molecule has 0 spiro atoms. The third-order valence-corrected chi connectivity index (χ3v) is 5.44. The van der Waals surface area contributed by atoms with Gasteiger partial charge in [0.15, 0.2) is 15.9 Å². The van der Waals surface area contributed by atoms with Gasteiger partial charge in [0.05, 0.1) is 32.6 Å². The first kappa shape index (κ1) is 20.9. The van der Waals surface area contributed by atoms with Crippen LogP contribution < -0.4 is 5.32 Å². The van der Waals surface area contributed by atoms with E-state index in [1.54, 1.807) is 25.6 Å². The average molecular weight is 414 g/mol. The monoisotopic (exact) mass is 413 g/mol. The SMILES string of the molecule is Cc1nn(C)c(C)c1NC(=O)[C@@H](C)OC(=O)c1cc(S(C)(=O)=O)ccc1Cl. The first-order valence-corrected chi connectivity index (χ1v) is 10.2. The standard InChI is InChI=1S/C17H20ClN3O5S/c1-9-15(10(2)21(4)20-9)19-16(22)11(3)26-17(23)13-8-12(27(5,24)25)6-7-14(13)18/h6-8,11H,1-5H3,(H,19,22)/t11-/m1/s1. The fourth-order valence-electron chi connectivity index (χ4n) is 2.35. The fraction of sp³-hybridized carbons (Fsp3) is 0.353. The summed E-state index contributed by atoms with van der Waals surface area (Å²) in [6, 6.07) is 3.71. The van der Waals surface area contributed by atoms with Crippen LogP contribution in [-0.2, 0) is 26.4 Å². The van der Waals surface area contributed by atoms with Crippen LogP contribution in [0, 0.1) is 13.8 Å². The van der Waals surface area contributed by atoms with E-state index >= 15 is 0 Å². The Bertz CT molecular complexity index is 1010. The summed E-state index contributed by atoms with van der Waals surface area (Å²) in [5, 5.41) is 6.90. The zero-order valence-corrected chi connectivity index (χ0v) is 17.1. The zero-order valence-electron chi connectivity index (χ0n) is 15.5. The molecule has 1 amide bonds. The Morgan fingerprint density at radius 3 is 2.44 bits per heavy atom. The Morgan fingerprint density at radius 1 is 1.30 bits per heavy atom. The molecule has 0 saturated heterocycles. The largest absolute Gasteiger partial charge is 0.449 e. The van der Waals surface area contributed by atoms with Crippen molar-refractivity contribution >= 4 is 39.0 Å². The number of hydrogen-bond acceptors (Lipinski definition) is 6. The number of amides is 1. The summed E-state index contributed by atoms with van der Waals surface area (Å²) in [6.45, 7) is 4.95. The first-order valence-electron chi connectivity index (χ1n) is 7.93.